The zero-order valence-corrected chi connectivity index (χ0v) is 15.2. The van der Waals surface area contributed by atoms with Crippen molar-refractivity contribution in [2.75, 3.05) is 0 Å². The van der Waals surface area contributed by atoms with E-state index in [9.17, 15) is 5.11 Å². The molecule has 0 saturated carbocycles. The fourth-order valence-corrected chi connectivity index (χ4v) is 3.26. The number of hydrogen-bond acceptors (Lipinski definition) is 5. The van der Waals surface area contributed by atoms with Gasteiger partial charge in [0.1, 0.15) is 0 Å². The molecular formula is C21H22N4O2. The van der Waals surface area contributed by atoms with Gasteiger partial charge in [-0.1, -0.05) is 48.5 Å². The van der Waals surface area contributed by atoms with Crippen LogP contribution in [0.2, 0.25) is 0 Å². The molecule has 2 heterocycles. The lowest BCUT2D eigenvalue weighted by molar-refractivity contribution is 0.332. The Morgan fingerprint density at radius 3 is 2.59 bits per heavy atom. The minimum absolute atomic E-state index is 0.248. The molecule has 2 aromatic heterocycles. The summed E-state index contributed by atoms with van der Waals surface area (Å²) in [5.74, 6) is 1.17. The van der Waals surface area contributed by atoms with Crippen LogP contribution in [0.3, 0.4) is 0 Å². The third-order valence-electron chi connectivity index (χ3n) is 4.70. The molecule has 4 rings (SSSR count). The monoisotopic (exact) mass is 362 g/mol. The Bertz CT molecular complexity index is 1050. The Labute approximate surface area is 157 Å². The summed E-state index contributed by atoms with van der Waals surface area (Å²) < 4.78 is 7.61. The van der Waals surface area contributed by atoms with Gasteiger partial charge in [-0.05, 0) is 25.0 Å². The van der Waals surface area contributed by atoms with Crippen molar-refractivity contribution in [1.82, 2.24) is 14.8 Å². The topological polar surface area (TPSA) is 90.1 Å². The van der Waals surface area contributed by atoms with Gasteiger partial charge in [-0.2, -0.15) is 0 Å². The Balaban J connectivity index is 1.46. The van der Waals surface area contributed by atoms with Gasteiger partial charge in [-0.15, -0.1) is 10.2 Å². The predicted octanol–water partition coefficient (Wildman–Crippen LogP) is 3.39. The second-order valence-corrected chi connectivity index (χ2v) is 7.06. The third kappa shape index (κ3) is 3.57. The molecule has 27 heavy (non-hydrogen) atoms. The zero-order valence-electron chi connectivity index (χ0n) is 15.2. The SMILES string of the molecule is C[C@@](N)(Cc1ccccc1)c1nnc(CCn2cc3ccccc3c2O)o1. The molecule has 1 atom stereocenters. The molecule has 0 amide bonds. The molecule has 0 saturated heterocycles. The number of nitrogens with zero attached hydrogens (tertiary/aromatic N) is 3. The molecule has 0 aliphatic rings. The van der Waals surface area contributed by atoms with E-state index in [1.165, 1.54) is 0 Å². The van der Waals surface area contributed by atoms with Crippen molar-refractivity contribution in [3.8, 4) is 5.88 Å². The van der Waals surface area contributed by atoms with Crippen LogP contribution in [0.1, 0.15) is 24.3 Å². The van der Waals surface area contributed by atoms with Crippen molar-refractivity contribution < 1.29 is 9.52 Å². The maximum Gasteiger partial charge on any atom is 0.236 e. The van der Waals surface area contributed by atoms with Gasteiger partial charge in [0.05, 0.1) is 5.54 Å². The molecule has 138 valence electrons. The summed E-state index contributed by atoms with van der Waals surface area (Å²) >= 11 is 0. The fourth-order valence-electron chi connectivity index (χ4n) is 3.26. The van der Waals surface area contributed by atoms with Crippen LogP contribution in [0.15, 0.2) is 65.2 Å². The number of aromatic hydroxyl groups is 1. The van der Waals surface area contributed by atoms with Crippen LogP contribution < -0.4 is 5.73 Å². The van der Waals surface area contributed by atoms with Crippen molar-refractivity contribution in [3.63, 3.8) is 0 Å². The molecule has 0 unspecified atom stereocenters. The maximum absolute atomic E-state index is 10.3. The third-order valence-corrected chi connectivity index (χ3v) is 4.70. The highest BCUT2D eigenvalue weighted by Crippen LogP contribution is 2.27. The average Bonchev–Trinajstić information content (AvgIpc) is 3.26. The van der Waals surface area contributed by atoms with E-state index in [1.54, 1.807) is 4.57 Å². The summed E-state index contributed by atoms with van der Waals surface area (Å²) in [6.45, 7) is 2.43. The molecule has 4 aromatic rings. The molecular weight excluding hydrogens is 340 g/mol. The van der Waals surface area contributed by atoms with Crippen LogP contribution in [-0.2, 0) is 24.9 Å². The van der Waals surface area contributed by atoms with Gasteiger partial charge in [0, 0.05) is 29.9 Å². The van der Waals surface area contributed by atoms with Gasteiger partial charge >= 0.3 is 0 Å². The minimum atomic E-state index is -0.739. The van der Waals surface area contributed by atoms with E-state index in [0.717, 1.165) is 16.3 Å². The van der Waals surface area contributed by atoms with Gasteiger partial charge in [0.25, 0.3) is 0 Å². The van der Waals surface area contributed by atoms with Crippen molar-refractivity contribution in [2.24, 2.45) is 5.73 Å². The smallest absolute Gasteiger partial charge is 0.236 e. The van der Waals surface area contributed by atoms with Gasteiger partial charge in [-0.25, -0.2) is 0 Å². The first-order valence-electron chi connectivity index (χ1n) is 8.95. The summed E-state index contributed by atoms with van der Waals surface area (Å²) in [5.41, 5.74) is 6.80. The Hall–Kier alpha value is -3.12. The van der Waals surface area contributed by atoms with Crippen molar-refractivity contribution in [1.29, 1.82) is 0 Å². The van der Waals surface area contributed by atoms with Crippen LogP contribution >= 0.6 is 0 Å². The number of benzene rings is 2. The molecule has 2 aromatic carbocycles. The first-order valence-corrected chi connectivity index (χ1v) is 8.95. The quantitative estimate of drug-likeness (QED) is 0.549. The second-order valence-electron chi connectivity index (χ2n) is 7.06. The van der Waals surface area contributed by atoms with Gasteiger partial charge < -0.3 is 19.8 Å². The minimum Gasteiger partial charge on any atom is -0.494 e. The van der Waals surface area contributed by atoms with Crippen molar-refractivity contribution in [2.45, 2.75) is 31.8 Å². The van der Waals surface area contributed by atoms with E-state index in [-0.39, 0.29) is 5.88 Å². The van der Waals surface area contributed by atoms with Gasteiger partial charge in [-0.3, -0.25) is 0 Å². The number of aryl methyl sites for hydroxylation is 2. The molecule has 0 bridgehead atoms. The van der Waals surface area contributed by atoms with E-state index in [2.05, 4.69) is 10.2 Å². The molecule has 3 N–H and O–H groups in total. The molecule has 6 heteroatoms. The fraction of sp³-hybridized carbons (Fsp3) is 0.238. The van der Waals surface area contributed by atoms with E-state index in [4.69, 9.17) is 10.2 Å². The summed E-state index contributed by atoms with van der Waals surface area (Å²) in [6, 6.07) is 17.7. The lowest BCUT2D eigenvalue weighted by Gasteiger charge is -2.20. The summed E-state index contributed by atoms with van der Waals surface area (Å²) in [7, 11) is 0. The molecule has 6 nitrogen and oxygen atoms in total. The van der Waals surface area contributed by atoms with Gasteiger partial charge in [0.15, 0.2) is 5.88 Å². The normalized spacial score (nSPS) is 13.7. The number of fused-ring (bicyclic) bond motifs is 1. The number of nitrogens with two attached hydrogens (primary N) is 1. The number of aromatic nitrogens is 3. The van der Waals surface area contributed by atoms with Crippen LogP contribution in [0.25, 0.3) is 10.8 Å². The van der Waals surface area contributed by atoms with Crippen LogP contribution in [-0.4, -0.2) is 19.9 Å². The Morgan fingerprint density at radius 1 is 1.07 bits per heavy atom. The number of hydrogen-bond donors (Lipinski definition) is 2. The first kappa shape index (κ1) is 17.3. The number of rotatable bonds is 6. The molecule has 0 radical (unpaired) electrons. The van der Waals surface area contributed by atoms with E-state index >= 15 is 0 Å². The molecule has 0 aliphatic carbocycles. The van der Waals surface area contributed by atoms with Gasteiger partial charge in [0.2, 0.25) is 11.8 Å². The highest BCUT2D eigenvalue weighted by Gasteiger charge is 2.28. The lowest BCUT2D eigenvalue weighted by Crippen LogP contribution is -2.35. The summed E-state index contributed by atoms with van der Waals surface area (Å²) in [6.07, 6.45) is 3.05. The van der Waals surface area contributed by atoms with Crippen LogP contribution in [0.5, 0.6) is 5.88 Å². The lowest BCUT2D eigenvalue weighted by atomic mass is 9.94. The average molecular weight is 362 g/mol. The van der Waals surface area contributed by atoms with E-state index < -0.39 is 5.54 Å². The predicted molar refractivity (Wildman–Crippen MR) is 103 cm³/mol. The Kier molecular flexibility index (Phi) is 4.41. The molecule has 0 fully saturated rings. The van der Waals surface area contributed by atoms with E-state index in [1.807, 2.05) is 67.7 Å². The summed E-state index contributed by atoms with van der Waals surface area (Å²) in [4.78, 5) is 0. The van der Waals surface area contributed by atoms with E-state index in [0.29, 0.717) is 31.2 Å². The first-order chi connectivity index (χ1) is 13.0. The molecule has 0 spiro atoms. The highest BCUT2D eigenvalue weighted by atomic mass is 16.4. The maximum atomic E-state index is 10.3. The van der Waals surface area contributed by atoms with Crippen molar-refractivity contribution in [3.05, 3.63) is 78.1 Å². The zero-order chi connectivity index (χ0) is 18.9. The highest BCUT2D eigenvalue weighted by molar-refractivity contribution is 5.87. The Morgan fingerprint density at radius 2 is 1.81 bits per heavy atom. The van der Waals surface area contributed by atoms with Crippen molar-refractivity contribution >= 4 is 10.8 Å². The standard InChI is InChI=1S/C21H22N4O2/c1-21(22,13-15-7-3-2-4-8-15)20-24-23-18(27-20)11-12-25-14-16-9-5-6-10-17(16)19(25)26/h2-10,14,26H,11-13,22H2,1H3/t21-/m1/s1. The second kappa shape index (κ2) is 6.89. The summed E-state index contributed by atoms with van der Waals surface area (Å²) in [5, 5.41) is 20.5. The molecule has 0 aliphatic heterocycles. The largest absolute Gasteiger partial charge is 0.494 e. The van der Waals surface area contributed by atoms with Crippen LogP contribution in [0.4, 0.5) is 0 Å². The van der Waals surface area contributed by atoms with Crippen LogP contribution in [0, 0.1) is 0 Å².